The average Bonchev–Trinajstić information content (AvgIpc) is 3.03. The van der Waals surface area contributed by atoms with Crippen LogP contribution in [0.1, 0.15) is 138 Å². The van der Waals surface area contributed by atoms with Gasteiger partial charge in [0.05, 0.1) is 25.2 Å². The molecular formula is C33H56O9P2. The Morgan fingerprint density at radius 3 is 1.14 bits per heavy atom. The van der Waals surface area contributed by atoms with Crippen molar-refractivity contribution in [3.05, 3.63) is 69.8 Å². The molecule has 0 heterocycles. The van der Waals surface area contributed by atoms with Crippen LogP contribution in [0.3, 0.4) is 0 Å². The summed E-state index contributed by atoms with van der Waals surface area (Å²) in [5, 5.41) is 45.5. The molecule has 0 aliphatic heterocycles. The molecule has 0 bridgehead atoms. The monoisotopic (exact) mass is 658 g/mol. The lowest BCUT2D eigenvalue weighted by atomic mass is 9.61. The fourth-order valence-corrected chi connectivity index (χ4v) is 5.96. The van der Waals surface area contributed by atoms with E-state index in [0.717, 1.165) is 47.9 Å². The second-order valence-electron chi connectivity index (χ2n) is 12.0. The van der Waals surface area contributed by atoms with Gasteiger partial charge in [-0.15, -0.1) is 0 Å². The summed E-state index contributed by atoms with van der Waals surface area (Å²) >= 11 is 0. The number of aliphatic hydroxyl groups excluding tert-OH is 3. The Kier molecular flexibility index (Phi) is 17.6. The van der Waals surface area contributed by atoms with E-state index in [1.54, 1.807) is 0 Å². The number of rotatable bonds is 16. The molecule has 0 spiro atoms. The molecule has 11 heteroatoms. The van der Waals surface area contributed by atoms with E-state index in [9.17, 15) is 20.4 Å². The Morgan fingerprint density at radius 1 is 0.591 bits per heavy atom. The fourth-order valence-electron chi connectivity index (χ4n) is 5.43. The predicted molar refractivity (Wildman–Crippen MR) is 178 cm³/mol. The molecule has 2 aromatic rings. The maximum absolute atomic E-state index is 13.2. The highest BCUT2D eigenvalue weighted by atomic mass is 31.2. The lowest BCUT2D eigenvalue weighted by molar-refractivity contribution is -0.137. The Hall–Kier alpha value is -1.06. The second kappa shape index (κ2) is 18.9. The lowest BCUT2D eigenvalue weighted by Crippen LogP contribution is -2.55. The minimum atomic E-state index is -2.61. The van der Waals surface area contributed by atoms with Gasteiger partial charge in [0.25, 0.3) is 0 Å². The first-order valence-corrected chi connectivity index (χ1v) is 17.9. The summed E-state index contributed by atoms with van der Waals surface area (Å²) < 4.78 is 3.60. The zero-order chi connectivity index (χ0) is 33.8. The molecule has 252 valence electrons. The van der Waals surface area contributed by atoms with Crippen LogP contribution in [-0.4, -0.2) is 59.8 Å². The maximum Gasteiger partial charge on any atom is 0.334 e. The Morgan fingerprint density at radius 2 is 0.909 bits per heavy atom. The van der Waals surface area contributed by atoms with Crippen LogP contribution in [-0.2, 0) is 9.91 Å². The number of hydrogen-bond donors (Lipinski definition) is 8. The summed E-state index contributed by atoms with van der Waals surface area (Å²) in [5.41, 5.74) is 2.16. The van der Waals surface area contributed by atoms with E-state index in [-0.39, 0.29) is 23.7 Å². The zero-order valence-electron chi connectivity index (χ0n) is 27.6. The quantitative estimate of drug-likeness (QED) is 0.0955. The molecule has 0 amide bonds. The van der Waals surface area contributed by atoms with Crippen molar-refractivity contribution in [1.82, 2.24) is 0 Å². The van der Waals surface area contributed by atoms with Gasteiger partial charge >= 0.3 is 17.2 Å². The normalized spacial score (nSPS) is 16.2. The summed E-state index contributed by atoms with van der Waals surface area (Å²) in [6.07, 6.45) is 3.66. The lowest BCUT2D eigenvalue weighted by Gasteiger charge is -2.48. The molecule has 0 saturated heterocycles. The highest BCUT2D eigenvalue weighted by Crippen LogP contribution is 2.51. The van der Waals surface area contributed by atoms with Crippen molar-refractivity contribution in [2.75, 3.05) is 19.8 Å². The van der Waals surface area contributed by atoms with Gasteiger partial charge in [0.1, 0.15) is 5.60 Å². The molecule has 44 heavy (non-hydrogen) atoms. The SMILES string of the molecule is CCC(C)c1ccc(C(C)CC)c(C(O)(c2cc(C(C)CC)ccc2C(C)CC)C(CO)(CO)CO)c1.OP(O)OP(O)O. The predicted octanol–water partition coefficient (Wildman–Crippen LogP) is 6.37. The van der Waals surface area contributed by atoms with Gasteiger partial charge in [-0.05, 0) is 82.7 Å². The molecular weight excluding hydrogens is 602 g/mol. The van der Waals surface area contributed by atoms with E-state index in [1.807, 2.05) is 0 Å². The van der Waals surface area contributed by atoms with Crippen molar-refractivity contribution in [2.24, 2.45) is 5.41 Å². The van der Waals surface area contributed by atoms with Crippen molar-refractivity contribution in [3.63, 3.8) is 0 Å². The van der Waals surface area contributed by atoms with Crippen LogP contribution in [0.2, 0.25) is 0 Å². The first-order valence-electron chi connectivity index (χ1n) is 15.5. The van der Waals surface area contributed by atoms with Crippen LogP contribution >= 0.6 is 17.2 Å². The minimum Gasteiger partial charge on any atom is -0.395 e. The number of hydrogen-bond acceptors (Lipinski definition) is 9. The van der Waals surface area contributed by atoms with Crippen molar-refractivity contribution < 1.29 is 44.3 Å². The van der Waals surface area contributed by atoms with E-state index in [4.69, 9.17) is 19.6 Å². The van der Waals surface area contributed by atoms with Gasteiger partial charge in [0.2, 0.25) is 0 Å². The largest absolute Gasteiger partial charge is 0.395 e. The molecule has 0 saturated carbocycles. The van der Waals surface area contributed by atoms with Crippen molar-refractivity contribution in [3.8, 4) is 0 Å². The third-order valence-corrected chi connectivity index (χ3v) is 10.6. The van der Waals surface area contributed by atoms with E-state index < -0.39 is 48.0 Å². The van der Waals surface area contributed by atoms with Gasteiger partial charge in [-0.2, -0.15) is 0 Å². The Bertz CT molecular complexity index is 1040. The van der Waals surface area contributed by atoms with E-state index in [0.29, 0.717) is 11.1 Å². The van der Waals surface area contributed by atoms with Gasteiger partial charge in [-0.25, -0.2) is 4.31 Å². The summed E-state index contributed by atoms with van der Waals surface area (Å²) in [6, 6.07) is 12.6. The molecule has 4 atom stereocenters. The second-order valence-corrected chi connectivity index (χ2v) is 13.6. The van der Waals surface area contributed by atoms with Gasteiger partial charge in [0.15, 0.2) is 0 Å². The van der Waals surface area contributed by atoms with Crippen molar-refractivity contribution in [2.45, 2.75) is 110 Å². The third-order valence-electron chi connectivity index (χ3n) is 9.41. The average molecular weight is 659 g/mol. The van der Waals surface area contributed by atoms with Crippen LogP contribution in [0.4, 0.5) is 0 Å². The molecule has 0 aliphatic carbocycles. The molecule has 2 rings (SSSR count). The van der Waals surface area contributed by atoms with E-state index >= 15 is 0 Å². The van der Waals surface area contributed by atoms with Crippen LogP contribution in [0.25, 0.3) is 0 Å². The first-order chi connectivity index (χ1) is 20.7. The molecule has 8 N–H and O–H groups in total. The van der Waals surface area contributed by atoms with Gasteiger partial charge in [0, 0.05) is 0 Å². The van der Waals surface area contributed by atoms with Crippen molar-refractivity contribution in [1.29, 1.82) is 0 Å². The summed E-state index contributed by atoms with van der Waals surface area (Å²) in [5.74, 6) is 0.847. The fraction of sp³-hybridized carbons (Fsp3) is 0.636. The molecule has 0 aliphatic rings. The molecule has 2 aromatic carbocycles. The number of benzene rings is 2. The standard InChI is InChI=1S/C33H52O4.H4O5P2/c1-9-22(5)26-13-15-28(24(7)11-3)30(17-26)33(37,32(19-34,20-35)21-36)31-18-27(23(6)10-2)14-16-29(31)25(8)12-4;1-6(2)5-7(3)4/h13-18,22-25,34-37H,9-12,19-21H2,1-8H3;1-4H. The van der Waals surface area contributed by atoms with Crippen molar-refractivity contribution >= 4 is 17.2 Å². The maximum atomic E-state index is 13.2. The molecule has 0 radical (unpaired) electrons. The molecule has 0 aromatic heterocycles. The van der Waals surface area contributed by atoms with Crippen LogP contribution in [0.15, 0.2) is 36.4 Å². The first kappa shape index (κ1) is 41.0. The molecule has 0 fully saturated rings. The number of aliphatic hydroxyl groups is 4. The summed E-state index contributed by atoms with van der Waals surface area (Å²) in [7, 11) is -5.22. The van der Waals surface area contributed by atoms with Gasteiger partial charge < -0.3 is 40.0 Å². The van der Waals surface area contributed by atoms with Crippen LogP contribution in [0.5, 0.6) is 0 Å². The summed E-state index contributed by atoms with van der Waals surface area (Å²) in [6.45, 7) is 15.5. The van der Waals surface area contributed by atoms with E-state index in [1.165, 1.54) is 0 Å². The molecule has 4 unspecified atom stereocenters. The van der Waals surface area contributed by atoms with Gasteiger partial charge in [-0.3, -0.25) is 0 Å². The third kappa shape index (κ3) is 9.49. The van der Waals surface area contributed by atoms with E-state index in [2.05, 4.69) is 96.1 Å². The summed E-state index contributed by atoms with van der Waals surface area (Å²) in [4.78, 5) is 31.3. The van der Waals surface area contributed by atoms with Crippen LogP contribution < -0.4 is 0 Å². The zero-order valence-corrected chi connectivity index (χ0v) is 29.4. The minimum absolute atomic E-state index is 0.145. The highest BCUT2D eigenvalue weighted by Gasteiger charge is 2.54. The van der Waals surface area contributed by atoms with Gasteiger partial charge in [-0.1, -0.05) is 91.8 Å². The topological polar surface area (TPSA) is 171 Å². The Balaban J connectivity index is 0.00000123. The van der Waals surface area contributed by atoms with Crippen LogP contribution in [0, 0.1) is 5.41 Å². The molecule has 9 nitrogen and oxygen atoms in total. The Labute approximate surface area is 266 Å². The highest BCUT2D eigenvalue weighted by molar-refractivity contribution is 7.53. The smallest absolute Gasteiger partial charge is 0.334 e.